The van der Waals surface area contributed by atoms with Gasteiger partial charge < -0.3 is 0 Å². The summed E-state index contributed by atoms with van der Waals surface area (Å²) < 4.78 is 51.9. The van der Waals surface area contributed by atoms with Gasteiger partial charge in [0.25, 0.3) is 0 Å². The highest BCUT2D eigenvalue weighted by Crippen LogP contribution is 2.24. The minimum atomic E-state index is -3.84. The van der Waals surface area contributed by atoms with Crippen LogP contribution in [0.2, 0.25) is 10.0 Å². The molecule has 0 N–H and O–H groups in total. The lowest BCUT2D eigenvalue weighted by Gasteiger charge is -2.33. The minimum absolute atomic E-state index is 0.230. The van der Waals surface area contributed by atoms with Gasteiger partial charge >= 0.3 is 6.55 Å². The van der Waals surface area contributed by atoms with Crippen molar-refractivity contribution in [2.75, 3.05) is 26.2 Å². The molecule has 6 nitrogen and oxygen atoms in total. The number of rotatable bonds is 5. The molecule has 1 aromatic carbocycles. The molecule has 142 valence electrons. The highest BCUT2D eigenvalue weighted by Gasteiger charge is 2.30. The molecule has 2 aromatic rings. The summed E-state index contributed by atoms with van der Waals surface area (Å²) in [6, 6.07) is 5.26. The van der Waals surface area contributed by atoms with Crippen LogP contribution in [0.1, 0.15) is 12.1 Å². The predicted octanol–water partition coefficient (Wildman–Crippen LogP) is 3.09. The van der Waals surface area contributed by atoms with E-state index in [2.05, 4.69) is 10.00 Å². The zero-order valence-corrected chi connectivity index (χ0v) is 15.9. The second-order valence-electron chi connectivity index (χ2n) is 5.85. The number of halogens is 4. The Morgan fingerprint density at radius 2 is 1.85 bits per heavy atom. The van der Waals surface area contributed by atoms with Crippen LogP contribution in [0, 0.1) is 0 Å². The van der Waals surface area contributed by atoms with Crippen LogP contribution in [0.5, 0.6) is 0 Å². The lowest BCUT2D eigenvalue weighted by molar-refractivity contribution is 0.0563. The average molecular weight is 425 g/mol. The van der Waals surface area contributed by atoms with E-state index < -0.39 is 16.6 Å². The third-order valence-electron chi connectivity index (χ3n) is 4.16. The Kier molecular flexibility index (Phi) is 5.83. The Morgan fingerprint density at radius 3 is 2.42 bits per heavy atom. The van der Waals surface area contributed by atoms with Gasteiger partial charge in [-0.05, 0) is 17.7 Å². The van der Waals surface area contributed by atoms with E-state index in [1.165, 1.54) is 4.31 Å². The number of nitrogens with zero attached hydrogens (tertiary/aromatic N) is 4. The smallest absolute Gasteiger partial charge is 0.296 e. The first-order chi connectivity index (χ1) is 12.3. The van der Waals surface area contributed by atoms with Crippen LogP contribution in [0.15, 0.2) is 35.5 Å². The Hall–Kier alpha value is -1.26. The lowest BCUT2D eigenvalue weighted by Crippen LogP contribution is -2.48. The van der Waals surface area contributed by atoms with Crippen molar-refractivity contribution in [3.05, 3.63) is 46.2 Å². The topological polar surface area (TPSA) is 58.4 Å². The molecule has 0 atom stereocenters. The fourth-order valence-corrected chi connectivity index (χ4v) is 4.56. The summed E-state index contributed by atoms with van der Waals surface area (Å²) in [7, 11) is -3.84. The van der Waals surface area contributed by atoms with E-state index in [0.717, 1.165) is 18.0 Å². The first-order valence-corrected chi connectivity index (χ1v) is 9.96. The molecule has 0 radical (unpaired) electrons. The van der Waals surface area contributed by atoms with Crippen molar-refractivity contribution in [3.63, 3.8) is 0 Å². The molecule has 1 aliphatic rings. The lowest BCUT2D eigenvalue weighted by atomic mass is 10.2. The van der Waals surface area contributed by atoms with Crippen molar-refractivity contribution < 1.29 is 17.2 Å². The van der Waals surface area contributed by atoms with Gasteiger partial charge in [-0.3, -0.25) is 4.90 Å². The van der Waals surface area contributed by atoms with E-state index in [4.69, 9.17) is 23.2 Å². The zero-order valence-electron chi connectivity index (χ0n) is 13.5. The molecule has 0 amide bonds. The van der Waals surface area contributed by atoms with E-state index in [9.17, 15) is 17.2 Å². The minimum Gasteiger partial charge on any atom is -0.296 e. The number of benzene rings is 1. The highest BCUT2D eigenvalue weighted by molar-refractivity contribution is 7.89. The van der Waals surface area contributed by atoms with E-state index in [1.54, 1.807) is 12.1 Å². The maximum atomic E-state index is 12.6. The number of piperazine rings is 1. The summed E-state index contributed by atoms with van der Waals surface area (Å²) in [6.07, 6.45) is 1.79. The van der Waals surface area contributed by atoms with Crippen molar-refractivity contribution in [2.24, 2.45) is 0 Å². The van der Waals surface area contributed by atoms with Crippen molar-refractivity contribution in [3.8, 4) is 0 Å². The van der Waals surface area contributed by atoms with Gasteiger partial charge in [-0.2, -0.15) is 18.2 Å². The predicted molar refractivity (Wildman–Crippen MR) is 94.0 cm³/mol. The van der Waals surface area contributed by atoms with Crippen molar-refractivity contribution in [2.45, 2.75) is 18.0 Å². The first kappa shape index (κ1) is 19.5. The first-order valence-electron chi connectivity index (χ1n) is 7.76. The summed E-state index contributed by atoms with van der Waals surface area (Å²) in [5, 5.41) is 4.51. The maximum absolute atomic E-state index is 12.6. The van der Waals surface area contributed by atoms with Gasteiger partial charge in [-0.1, -0.05) is 29.3 Å². The Balaban J connectivity index is 1.63. The van der Waals surface area contributed by atoms with Gasteiger partial charge in [0, 0.05) is 42.8 Å². The van der Waals surface area contributed by atoms with Crippen LogP contribution >= 0.6 is 23.2 Å². The second-order valence-corrected chi connectivity index (χ2v) is 8.63. The van der Waals surface area contributed by atoms with Gasteiger partial charge in [0.05, 0.1) is 12.4 Å². The molecular weight excluding hydrogens is 409 g/mol. The van der Waals surface area contributed by atoms with Crippen LogP contribution < -0.4 is 0 Å². The van der Waals surface area contributed by atoms with Crippen molar-refractivity contribution in [1.82, 2.24) is 19.0 Å². The molecule has 26 heavy (non-hydrogen) atoms. The Bertz CT molecular complexity index is 884. The van der Waals surface area contributed by atoms with Crippen LogP contribution in [0.4, 0.5) is 8.78 Å². The van der Waals surface area contributed by atoms with E-state index in [1.807, 2.05) is 6.07 Å². The van der Waals surface area contributed by atoms with Gasteiger partial charge in [0.2, 0.25) is 10.0 Å². The summed E-state index contributed by atoms with van der Waals surface area (Å²) in [6.45, 7) is -0.781. The standard InChI is InChI=1S/C15H16Cl2F2N4O2S/c16-12-2-1-11(14(17)7-12)9-21-3-5-22(6-4-21)26(24,25)13-8-20-23(10-13)15(18)19/h1-2,7-8,10,15H,3-6,9H2. The molecule has 1 aliphatic heterocycles. The second kappa shape index (κ2) is 7.77. The van der Waals surface area contributed by atoms with Crippen LogP contribution in [0.25, 0.3) is 0 Å². The third-order valence-corrected chi connectivity index (χ3v) is 6.59. The Labute approximate surface area is 159 Å². The summed E-state index contributed by atoms with van der Waals surface area (Å²) in [5.74, 6) is 0. The van der Waals surface area contributed by atoms with Gasteiger partial charge in [-0.15, -0.1) is 0 Å². The fourth-order valence-electron chi connectivity index (χ4n) is 2.73. The number of sulfonamides is 1. The average Bonchev–Trinajstić information content (AvgIpc) is 3.09. The summed E-state index contributed by atoms with van der Waals surface area (Å²) in [4.78, 5) is 1.84. The molecule has 0 aliphatic carbocycles. The largest absolute Gasteiger partial charge is 0.333 e. The van der Waals surface area contributed by atoms with E-state index in [0.29, 0.717) is 34.4 Å². The third kappa shape index (κ3) is 4.17. The molecule has 1 fully saturated rings. The normalized spacial score (nSPS) is 17.1. The SMILES string of the molecule is O=S(=O)(c1cnn(C(F)F)c1)N1CCN(Cc2ccc(Cl)cc2Cl)CC1. The van der Waals surface area contributed by atoms with Crippen molar-refractivity contribution >= 4 is 33.2 Å². The fraction of sp³-hybridized carbons (Fsp3) is 0.400. The van der Waals surface area contributed by atoms with E-state index in [-0.39, 0.29) is 18.0 Å². The number of alkyl halides is 2. The van der Waals surface area contributed by atoms with Crippen LogP contribution in [-0.4, -0.2) is 53.6 Å². The zero-order chi connectivity index (χ0) is 18.9. The quantitative estimate of drug-likeness (QED) is 0.739. The number of aromatic nitrogens is 2. The number of hydrogen-bond acceptors (Lipinski definition) is 4. The molecule has 1 saturated heterocycles. The Morgan fingerprint density at radius 1 is 1.15 bits per heavy atom. The van der Waals surface area contributed by atoms with Crippen molar-refractivity contribution in [1.29, 1.82) is 0 Å². The number of hydrogen-bond donors (Lipinski definition) is 0. The van der Waals surface area contributed by atoms with Gasteiger partial charge in [0.1, 0.15) is 4.90 Å². The van der Waals surface area contributed by atoms with Crippen LogP contribution in [-0.2, 0) is 16.6 Å². The highest BCUT2D eigenvalue weighted by atomic mass is 35.5. The molecular formula is C15H16Cl2F2N4O2S. The molecule has 3 rings (SSSR count). The molecule has 0 unspecified atom stereocenters. The molecule has 2 heterocycles. The van der Waals surface area contributed by atoms with Gasteiger partial charge in [-0.25, -0.2) is 13.1 Å². The van der Waals surface area contributed by atoms with Gasteiger partial charge in [0.15, 0.2) is 0 Å². The van der Waals surface area contributed by atoms with E-state index >= 15 is 0 Å². The molecule has 11 heteroatoms. The monoisotopic (exact) mass is 424 g/mol. The molecule has 1 aromatic heterocycles. The molecule has 0 spiro atoms. The summed E-state index contributed by atoms with van der Waals surface area (Å²) >= 11 is 12.1. The molecule has 0 saturated carbocycles. The maximum Gasteiger partial charge on any atom is 0.333 e. The molecule has 0 bridgehead atoms. The van der Waals surface area contributed by atoms with Crippen LogP contribution in [0.3, 0.4) is 0 Å². The summed E-state index contributed by atoms with van der Waals surface area (Å²) in [5.41, 5.74) is 0.908.